The van der Waals surface area contributed by atoms with Crippen molar-refractivity contribution in [2.24, 2.45) is 0 Å². The van der Waals surface area contributed by atoms with E-state index < -0.39 is 0 Å². The smallest absolute Gasteiger partial charge is 0.159 e. The fraction of sp³-hybridized carbons (Fsp3) is 0.615. The number of aromatic nitrogens is 2. The third-order valence-corrected chi connectivity index (χ3v) is 5.25. The van der Waals surface area contributed by atoms with Crippen LogP contribution in [0.15, 0.2) is 36.7 Å². The molecule has 1 aromatic heterocycles. The van der Waals surface area contributed by atoms with Crippen molar-refractivity contribution < 1.29 is 9.47 Å². The first-order valence-corrected chi connectivity index (χ1v) is 12.0. The van der Waals surface area contributed by atoms with Crippen molar-refractivity contribution in [3.05, 3.63) is 42.2 Å². The van der Waals surface area contributed by atoms with E-state index in [1.807, 2.05) is 0 Å². The van der Waals surface area contributed by atoms with Gasteiger partial charge in [0.1, 0.15) is 0 Å². The number of rotatable bonds is 17. The van der Waals surface area contributed by atoms with Gasteiger partial charge in [0.25, 0.3) is 0 Å². The Morgan fingerprint density at radius 3 is 1.97 bits per heavy atom. The average Bonchev–Trinajstić information content (AvgIpc) is 2.79. The molecule has 2 aromatic rings. The molecule has 4 heteroatoms. The first-order chi connectivity index (χ1) is 14.8. The minimum atomic E-state index is 0.675. The lowest BCUT2D eigenvalue weighted by molar-refractivity contribution is 0.122. The first kappa shape index (κ1) is 24.3. The van der Waals surface area contributed by atoms with E-state index >= 15 is 0 Å². The van der Waals surface area contributed by atoms with Gasteiger partial charge in [-0.3, -0.25) is 0 Å². The van der Waals surface area contributed by atoms with Crippen LogP contribution in [0.3, 0.4) is 0 Å². The van der Waals surface area contributed by atoms with Crippen LogP contribution in [0, 0.1) is 0 Å². The summed E-state index contributed by atoms with van der Waals surface area (Å²) < 4.78 is 11.4. The predicted octanol–water partition coefficient (Wildman–Crippen LogP) is 7.02. The van der Waals surface area contributed by atoms with Gasteiger partial charge in [0.2, 0.25) is 0 Å². The van der Waals surface area contributed by atoms with E-state index in [-0.39, 0.29) is 0 Å². The normalized spacial score (nSPS) is 11.0. The van der Waals surface area contributed by atoms with E-state index in [4.69, 9.17) is 9.47 Å². The van der Waals surface area contributed by atoms with Crippen LogP contribution in [0.4, 0.5) is 0 Å². The molecule has 0 saturated carbocycles. The molecular formula is C26H40N2O2. The molecular weight excluding hydrogens is 372 g/mol. The molecule has 1 aromatic carbocycles. The number of unbranched alkanes of at least 4 members (excludes halogenated alkanes) is 7. The molecule has 0 aliphatic heterocycles. The Hall–Kier alpha value is -1.94. The second kappa shape index (κ2) is 15.8. The molecule has 0 fully saturated rings. The molecule has 0 aliphatic rings. The Labute approximate surface area is 183 Å². The van der Waals surface area contributed by atoms with Crippen molar-refractivity contribution in [3.63, 3.8) is 0 Å². The maximum atomic E-state index is 5.75. The van der Waals surface area contributed by atoms with Gasteiger partial charge in [-0.05, 0) is 37.7 Å². The van der Waals surface area contributed by atoms with Gasteiger partial charge in [-0.1, -0.05) is 76.6 Å². The van der Waals surface area contributed by atoms with Crippen molar-refractivity contribution in [2.75, 3.05) is 19.8 Å². The molecule has 4 nitrogen and oxygen atoms in total. The van der Waals surface area contributed by atoms with Crippen molar-refractivity contribution in [2.45, 2.75) is 84.5 Å². The van der Waals surface area contributed by atoms with Crippen LogP contribution < -0.4 is 4.74 Å². The maximum Gasteiger partial charge on any atom is 0.159 e. The first-order valence-electron chi connectivity index (χ1n) is 12.0. The van der Waals surface area contributed by atoms with E-state index in [2.05, 4.69) is 48.1 Å². The third kappa shape index (κ3) is 10.2. The van der Waals surface area contributed by atoms with Crippen LogP contribution in [0.5, 0.6) is 5.75 Å². The van der Waals surface area contributed by atoms with Crippen LogP contribution in [-0.2, 0) is 11.2 Å². The molecule has 30 heavy (non-hydrogen) atoms. The lowest BCUT2D eigenvalue weighted by Crippen LogP contribution is -2.02. The van der Waals surface area contributed by atoms with Crippen LogP contribution in [-0.4, -0.2) is 29.8 Å². The molecule has 0 radical (unpaired) electrons. The zero-order valence-corrected chi connectivity index (χ0v) is 19.1. The molecule has 0 N–H and O–H groups in total. The summed E-state index contributed by atoms with van der Waals surface area (Å²) in [5, 5.41) is 0. The van der Waals surface area contributed by atoms with Crippen molar-refractivity contribution in [1.82, 2.24) is 9.97 Å². The Morgan fingerprint density at radius 1 is 0.667 bits per heavy atom. The minimum absolute atomic E-state index is 0.675. The SMILES string of the molecule is CCCCCCCc1ccc(-c2ncc(OCCCCOCCCCC)cn2)cc1. The highest BCUT2D eigenvalue weighted by molar-refractivity contribution is 5.55. The number of benzene rings is 1. The zero-order valence-electron chi connectivity index (χ0n) is 19.1. The summed E-state index contributed by atoms with van der Waals surface area (Å²) in [5.41, 5.74) is 2.45. The molecule has 0 saturated heterocycles. The topological polar surface area (TPSA) is 44.2 Å². The molecule has 0 bridgehead atoms. The molecule has 0 amide bonds. The van der Waals surface area contributed by atoms with Gasteiger partial charge >= 0.3 is 0 Å². The lowest BCUT2D eigenvalue weighted by atomic mass is 10.0. The summed E-state index contributed by atoms with van der Waals surface area (Å²) in [4.78, 5) is 8.94. The Balaban J connectivity index is 1.64. The van der Waals surface area contributed by atoms with Crippen molar-refractivity contribution in [3.8, 4) is 17.1 Å². The summed E-state index contributed by atoms with van der Waals surface area (Å²) in [5.74, 6) is 1.48. The summed E-state index contributed by atoms with van der Waals surface area (Å²) in [6, 6.07) is 8.65. The van der Waals surface area contributed by atoms with Gasteiger partial charge in [-0.25, -0.2) is 9.97 Å². The molecule has 0 spiro atoms. The van der Waals surface area contributed by atoms with Gasteiger partial charge in [-0.2, -0.15) is 0 Å². The Kier molecular flexibility index (Phi) is 12.8. The molecule has 166 valence electrons. The monoisotopic (exact) mass is 412 g/mol. The second-order valence-corrected chi connectivity index (χ2v) is 7.98. The van der Waals surface area contributed by atoms with Crippen LogP contribution in [0.2, 0.25) is 0 Å². The van der Waals surface area contributed by atoms with Crippen molar-refractivity contribution >= 4 is 0 Å². The molecule has 0 aliphatic carbocycles. The number of hydrogen-bond acceptors (Lipinski definition) is 4. The second-order valence-electron chi connectivity index (χ2n) is 7.98. The highest BCUT2D eigenvalue weighted by Crippen LogP contribution is 2.18. The fourth-order valence-electron chi connectivity index (χ4n) is 3.35. The number of aryl methyl sites for hydroxylation is 1. The van der Waals surface area contributed by atoms with Gasteiger partial charge in [-0.15, -0.1) is 0 Å². The number of nitrogens with zero attached hydrogens (tertiary/aromatic N) is 2. The van der Waals surface area contributed by atoms with E-state index in [0.29, 0.717) is 6.61 Å². The van der Waals surface area contributed by atoms with E-state index in [1.54, 1.807) is 12.4 Å². The zero-order chi connectivity index (χ0) is 21.3. The molecule has 0 atom stereocenters. The number of hydrogen-bond donors (Lipinski definition) is 0. The van der Waals surface area contributed by atoms with Crippen LogP contribution >= 0.6 is 0 Å². The van der Waals surface area contributed by atoms with Crippen molar-refractivity contribution in [1.29, 1.82) is 0 Å². The summed E-state index contributed by atoms with van der Waals surface area (Å²) in [6.07, 6.45) is 16.9. The molecule has 0 unspecified atom stereocenters. The van der Waals surface area contributed by atoms with E-state index in [1.165, 1.54) is 56.9 Å². The lowest BCUT2D eigenvalue weighted by Gasteiger charge is -2.07. The van der Waals surface area contributed by atoms with Gasteiger partial charge in [0.05, 0.1) is 19.0 Å². The van der Waals surface area contributed by atoms with Gasteiger partial charge in [0.15, 0.2) is 11.6 Å². The predicted molar refractivity (Wildman–Crippen MR) is 125 cm³/mol. The summed E-state index contributed by atoms with van der Waals surface area (Å²) >= 11 is 0. The molecule has 2 rings (SSSR count). The standard InChI is InChI=1S/C26H40N2O2/c1-3-5-7-8-9-13-23-14-16-24(17-15-23)26-27-21-25(22-28-26)30-20-12-11-19-29-18-10-6-4-2/h14-17,21-22H,3-13,18-20H2,1-2H3. The summed E-state index contributed by atoms with van der Waals surface area (Å²) in [7, 11) is 0. The average molecular weight is 413 g/mol. The Bertz CT molecular complexity index is 656. The van der Waals surface area contributed by atoms with Gasteiger partial charge in [0, 0.05) is 18.8 Å². The number of ether oxygens (including phenoxy) is 2. The maximum absolute atomic E-state index is 5.75. The largest absolute Gasteiger partial charge is 0.490 e. The Morgan fingerprint density at radius 2 is 1.27 bits per heavy atom. The minimum Gasteiger partial charge on any atom is -0.490 e. The van der Waals surface area contributed by atoms with Crippen LogP contribution in [0.25, 0.3) is 11.4 Å². The van der Waals surface area contributed by atoms with E-state index in [0.717, 1.165) is 49.6 Å². The quantitative estimate of drug-likeness (QED) is 0.262. The van der Waals surface area contributed by atoms with Crippen LogP contribution in [0.1, 0.15) is 83.6 Å². The van der Waals surface area contributed by atoms with E-state index in [9.17, 15) is 0 Å². The highest BCUT2D eigenvalue weighted by Gasteiger charge is 2.03. The van der Waals surface area contributed by atoms with Gasteiger partial charge < -0.3 is 9.47 Å². The fourth-order valence-corrected chi connectivity index (χ4v) is 3.35. The highest BCUT2D eigenvalue weighted by atomic mass is 16.5. The summed E-state index contributed by atoms with van der Waals surface area (Å²) in [6.45, 7) is 6.84. The molecule has 1 heterocycles. The third-order valence-electron chi connectivity index (χ3n) is 5.25.